The molecule has 2 aromatic rings. The predicted molar refractivity (Wildman–Crippen MR) is 67.1 cm³/mol. The molecule has 4 heteroatoms. The van der Waals surface area contributed by atoms with Crippen molar-refractivity contribution in [1.29, 1.82) is 0 Å². The number of aromatic nitrogens is 2. The van der Waals surface area contributed by atoms with E-state index < -0.39 is 0 Å². The van der Waals surface area contributed by atoms with Crippen LogP contribution in [0.5, 0.6) is 0 Å². The van der Waals surface area contributed by atoms with E-state index in [4.69, 9.17) is 0 Å². The van der Waals surface area contributed by atoms with Gasteiger partial charge >= 0.3 is 0 Å². The molecule has 1 heterocycles. The van der Waals surface area contributed by atoms with Gasteiger partial charge in [-0.25, -0.2) is 0 Å². The van der Waals surface area contributed by atoms with E-state index in [1.165, 1.54) is 5.56 Å². The maximum absolute atomic E-state index is 11.9. The second-order valence-electron chi connectivity index (χ2n) is 4.16. The van der Waals surface area contributed by atoms with E-state index in [9.17, 15) is 4.79 Å². The molecule has 4 nitrogen and oxygen atoms in total. The monoisotopic (exact) mass is 229 g/mol. The fourth-order valence-electron chi connectivity index (χ4n) is 1.56. The van der Waals surface area contributed by atoms with E-state index in [-0.39, 0.29) is 5.91 Å². The van der Waals surface area contributed by atoms with Gasteiger partial charge in [-0.1, -0.05) is 6.07 Å². The van der Waals surface area contributed by atoms with E-state index in [1.807, 2.05) is 32.0 Å². The summed E-state index contributed by atoms with van der Waals surface area (Å²) in [6.07, 6.45) is 3.24. The Bertz CT molecular complexity index is 558. The van der Waals surface area contributed by atoms with Gasteiger partial charge < -0.3 is 5.32 Å². The van der Waals surface area contributed by atoms with E-state index in [0.29, 0.717) is 5.56 Å². The highest BCUT2D eigenvalue weighted by Crippen LogP contribution is 2.15. The largest absolute Gasteiger partial charge is 0.322 e. The van der Waals surface area contributed by atoms with E-state index in [1.54, 1.807) is 24.1 Å². The van der Waals surface area contributed by atoms with Gasteiger partial charge in [-0.2, -0.15) is 5.10 Å². The molecule has 0 fully saturated rings. The first-order valence-electron chi connectivity index (χ1n) is 5.43. The second kappa shape index (κ2) is 4.41. The third kappa shape index (κ3) is 2.53. The summed E-state index contributed by atoms with van der Waals surface area (Å²) in [6, 6.07) is 5.86. The predicted octanol–water partition coefficient (Wildman–Crippen LogP) is 2.29. The third-order valence-electron chi connectivity index (χ3n) is 2.73. The summed E-state index contributed by atoms with van der Waals surface area (Å²) in [5, 5.41) is 6.81. The normalized spacial score (nSPS) is 10.3. The van der Waals surface area contributed by atoms with E-state index in [2.05, 4.69) is 10.4 Å². The average molecular weight is 229 g/mol. The van der Waals surface area contributed by atoms with Crippen molar-refractivity contribution in [3.05, 3.63) is 47.3 Å². The number of benzene rings is 1. The van der Waals surface area contributed by atoms with Gasteiger partial charge in [0.1, 0.15) is 0 Å². The standard InChI is InChI=1S/C13H15N3O/c1-9-4-5-12(6-10(9)2)15-13(17)11-7-14-16(3)8-11/h4-8H,1-3H3,(H,15,17). The van der Waals surface area contributed by atoms with E-state index >= 15 is 0 Å². The number of anilines is 1. The van der Waals surface area contributed by atoms with Crippen molar-refractivity contribution in [2.75, 3.05) is 5.32 Å². The maximum Gasteiger partial charge on any atom is 0.258 e. The summed E-state index contributed by atoms with van der Waals surface area (Å²) in [5.41, 5.74) is 3.74. The number of carbonyl (C=O) groups is 1. The Morgan fingerprint density at radius 1 is 1.29 bits per heavy atom. The molecule has 1 aromatic carbocycles. The molecule has 1 N–H and O–H groups in total. The zero-order valence-electron chi connectivity index (χ0n) is 10.2. The van der Waals surface area contributed by atoms with Crippen molar-refractivity contribution in [3.63, 3.8) is 0 Å². The molecule has 0 radical (unpaired) electrons. The first-order chi connectivity index (χ1) is 8.06. The van der Waals surface area contributed by atoms with Gasteiger partial charge in [-0.3, -0.25) is 9.48 Å². The Kier molecular flexibility index (Phi) is 2.95. The molecule has 0 atom stereocenters. The molecular formula is C13H15N3O. The molecule has 0 saturated heterocycles. The molecule has 2 rings (SSSR count). The lowest BCUT2D eigenvalue weighted by Crippen LogP contribution is -2.11. The number of rotatable bonds is 2. The van der Waals surface area contributed by atoms with Crippen molar-refractivity contribution < 1.29 is 4.79 Å². The highest BCUT2D eigenvalue weighted by molar-refractivity contribution is 6.03. The molecule has 0 aliphatic carbocycles. The molecule has 0 aliphatic rings. The Labute approximate surface area is 100 Å². The number of carbonyl (C=O) groups excluding carboxylic acids is 1. The SMILES string of the molecule is Cc1ccc(NC(=O)c2cnn(C)c2)cc1C. The van der Waals surface area contributed by atoms with Gasteiger partial charge in [0.25, 0.3) is 5.91 Å². The number of hydrogen-bond donors (Lipinski definition) is 1. The van der Waals surface area contributed by atoms with Crippen LogP contribution in [0.25, 0.3) is 0 Å². The molecule has 0 bridgehead atoms. The van der Waals surface area contributed by atoms with Crippen molar-refractivity contribution >= 4 is 11.6 Å². The van der Waals surface area contributed by atoms with Crippen molar-refractivity contribution in [2.24, 2.45) is 7.05 Å². The van der Waals surface area contributed by atoms with Crippen LogP contribution in [0, 0.1) is 13.8 Å². The smallest absolute Gasteiger partial charge is 0.258 e. The summed E-state index contributed by atoms with van der Waals surface area (Å²) in [5.74, 6) is -0.138. The summed E-state index contributed by atoms with van der Waals surface area (Å²) < 4.78 is 1.61. The minimum Gasteiger partial charge on any atom is -0.322 e. The molecule has 17 heavy (non-hydrogen) atoms. The maximum atomic E-state index is 11.9. The third-order valence-corrected chi connectivity index (χ3v) is 2.73. The van der Waals surface area contributed by atoms with Crippen LogP contribution in [0.2, 0.25) is 0 Å². The minimum atomic E-state index is -0.138. The summed E-state index contributed by atoms with van der Waals surface area (Å²) in [7, 11) is 1.78. The fourth-order valence-corrected chi connectivity index (χ4v) is 1.56. The highest BCUT2D eigenvalue weighted by atomic mass is 16.1. The first-order valence-corrected chi connectivity index (χ1v) is 5.43. The Balaban J connectivity index is 2.15. The topological polar surface area (TPSA) is 46.9 Å². The van der Waals surface area contributed by atoms with Gasteiger partial charge in [0.15, 0.2) is 0 Å². The van der Waals surface area contributed by atoms with Crippen molar-refractivity contribution in [2.45, 2.75) is 13.8 Å². The van der Waals surface area contributed by atoms with Crippen LogP contribution in [-0.4, -0.2) is 15.7 Å². The highest BCUT2D eigenvalue weighted by Gasteiger charge is 2.08. The number of aryl methyl sites for hydroxylation is 3. The molecular weight excluding hydrogens is 214 g/mol. The zero-order valence-corrected chi connectivity index (χ0v) is 10.2. The molecule has 1 aromatic heterocycles. The molecule has 88 valence electrons. The molecule has 1 amide bonds. The van der Waals surface area contributed by atoms with Crippen LogP contribution in [-0.2, 0) is 7.05 Å². The van der Waals surface area contributed by atoms with Gasteiger partial charge in [0, 0.05) is 18.9 Å². The lowest BCUT2D eigenvalue weighted by molar-refractivity contribution is 0.102. The quantitative estimate of drug-likeness (QED) is 0.858. The molecule has 0 spiro atoms. The number of hydrogen-bond acceptors (Lipinski definition) is 2. The first kappa shape index (κ1) is 11.4. The number of nitrogens with one attached hydrogen (secondary N) is 1. The van der Waals surface area contributed by atoms with Gasteiger partial charge in [0.2, 0.25) is 0 Å². The lowest BCUT2D eigenvalue weighted by atomic mass is 10.1. The average Bonchev–Trinajstić information content (AvgIpc) is 2.70. The lowest BCUT2D eigenvalue weighted by Gasteiger charge is -2.06. The van der Waals surface area contributed by atoms with Crippen LogP contribution in [0.1, 0.15) is 21.5 Å². The molecule has 0 saturated carbocycles. The summed E-state index contributed by atoms with van der Waals surface area (Å²) >= 11 is 0. The second-order valence-corrected chi connectivity index (χ2v) is 4.16. The van der Waals surface area contributed by atoms with Crippen molar-refractivity contribution in [3.8, 4) is 0 Å². The van der Waals surface area contributed by atoms with Gasteiger partial charge in [-0.05, 0) is 37.1 Å². The van der Waals surface area contributed by atoms with E-state index in [0.717, 1.165) is 11.3 Å². The van der Waals surface area contributed by atoms with Crippen LogP contribution in [0.15, 0.2) is 30.6 Å². The van der Waals surface area contributed by atoms with Crippen LogP contribution >= 0.6 is 0 Å². The molecule has 0 unspecified atom stereocenters. The van der Waals surface area contributed by atoms with Gasteiger partial charge in [0.05, 0.1) is 11.8 Å². The van der Waals surface area contributed by atoms with Crippen LogP contribution in [0.3, 0.4) is 0 Å². The Morgan fingerprint density at radius 3 is 2.65 bits per heavy atom. The number of amides is 1. The summed E-state index contributed by atoms with van der Waals surface area (Å²) in [6.45, 7) is 4.07. The number of nitrogens with zero attached hydrogens (tertiary/aromatic N) is 2. The zero-order chi connectivity index (χ0) is 12.4. The summed E-state index contributed by atoms with van der Waals surface area (Å²) in [4.78, 5) is 11.9. The Morgan fingerprint density at radius 2 is 2.06 bits per heavy atom. The van der Waals surface area contributed by atoms with Crippen LogP contribution < -0.4 is 5.32 Å². The minimum absolute atomic E-state index is 0.138. The fraction of sp³-hybridized carbons (Fsp3) is 0.231. The Hall–Kier alpha value is -2.10. The van der Waals surface area contributed by atoms with Crippen LogP contribution in [0.4, 0.5) is 5.69 Å². The van der Waals surface area contributed by atoms with Crippen molar-refractivity contribution in [1.82, 2.24) is 9.78 Å². The molecule has 0 aliphatic heterocycles. The van der Waals surface area contributed by atoms with Gasteiger partial charge in [-0.15, -0.1) is 0 Å².